The average Bonchev–Trinajstić information content (AvgIpc) is 2.63. The van der Waals surface area contributed by atoms with Gasteiger partial charge in [0, 0.05) is 6.07 Å². The fourth-order valence-corrected chi connectivity index (χ4v) is 2.60. The van der Waals surface area contributed by atoms with Gasteiger partial charge in [0.2, 0.25) is 0 Å². The normalized spacial score (nSPS) is 11.3. The summed E-state index contributed by atoms with van der Waals surface area (Å²) in [5.74, 6) is -7.73. The van der Waals surface area contributed by atoms with E-state index in [1.807, 2.05) is 12.1 Å². The minimum atomic E-state index is -1.69. The fourth-order valence-electron chi connectivity index (χ4n) is 2.60. The maximum absolute atomic E-state index is 13.6. The Hall–Kier alpha value is -2.43. The molecule has 0 unspecified atom stereocenters. The molecule has 0 aliphatic carbocycles. The van der Waals surface area contributed by atoms with Crippen LogP contribution in [-0.4, -0.2) is 5.78 Å². The predicted molar refractivity (Wildman–Crippen MR) is 93.9 cm³/mol. The van der Waals surface area contributed by atoms with Crippen LogP contribution in [0.4, 0.5) is 17.6 Å². The molecule has 0 saturated heterocycles. The van der Waals surface area contributed by atoms with Gasteiger partial charge < -0.3 is 0 Å². The summed E-state index contributed by atoms with van der Waals surface area (Å²) >= 11 is 0. The first kappa shape index (κ1) is 19.9. The molecule has 1 nitrogen and oxygen atoms in total. The Labute approximate surface area is 150 Å². The van der Waals surface area contributed by atoms with E-state index < -0.39 is 34.6 Å². The minimum absolute atomic E-state index is 0.0738. The molecule has 0 aliphatic rings. The van der Waals surface area contributed by atoms with Gasteiger partial charge in [0.15, 0.2) is 29.1 Å². The van der Waals surface area contributed by atoms with Crippen molar-refractivity contribution in [2.75, 3.05) is 0 Å². The second-order valence-corrected chi connectivity index (χ2v) is 6.09. The Morgan fingerprint density at radius 3 is 2.12 bits per heavy atom. The molecule has 0 heterocycles. The topological polar surface area (TPSA) is 17.1 Å². The van der Waals surface area contributed by atoms with E-state index >= 15 is 0 Å². The van der Waals surface area contributed by atoms with Crippen molar-refractivity contribution in [2.45, 2.75) is 39.0 Å². The summed E-state index contributed by atoms with van der Waals surface area (Å²) < 4.78 is 53.6. The molecule has 2 rings (SSSR count). The number of rotatable bonds is 8. The Morgan fingerprint density at radius 2 is 1.54 bits per heavy atom. The second kappa shape index (κ2) is 9.32. The zero-order chi connectivity index (χ0) is 19.1. The number of hydrogen-bond acceptors (Lipinski definition) is 1. The van der Waals surface area contributed by atoms with Crippen LogP contribution in [0.15, 0.2) is 36.4 Å². The number of benzene rings is 2. The smallest absolute Gasteiger partial charge is 0.191 e. The van der Waals surface area contributed by atoms with Gasteiger partial charge in [0.05, 0.1) is 5.56 Å². The highest BCUT2D eigenvalue weighted by Gasteiger charge is 2.23. The van der Waals surface area contributed by atoms with Crippen molar-refractivity contribution >= 4 is 11.9 Å². The van der Waals surface area contributed by atoms with E-state index in [1.54, 1.807) is 12.1 Å². The summed E-state index contributed by atoms with van der Waals surface area (Å²) in [4.78, 5) is 11.9. The van der Waals surface area contributed by atoms with Crippen LogP contribution >= 0.6 is 0 Å². The molecule has 138 valence electrons. The zero-order valence-corrected chi connectivity index (χ0v) is 14.5. The van der Waals surface area contributed by atoms with Crippen molar-refractivity contribution in [3.63, 3.8) is 0 Å². The van der Waals surface area contributed by atoms with Crippen LogP contribution in [-0.2, 0) is 6.42 Å². The molecule has 0 amide bonds. The molecule has 2 aromatic carbocycles. The minimum Gasteiger partial charge on any atom is -0.289 e. The lowest BCUT2D eigenvalue weighted by Gasteiger charge is -2.04. The van der Waals surface area contributed by atoms with E-state index in [1.165, 1.54) is 25.3 Å². The quantitative estimate of drug-likeness (QED) is 0.178. The molecule has 0 bridgehead atoms. The molecule has 0 saturated carbocycles. The van der Waals surface area contributed by atoms with E-state index in [4.69, 9.17) is 0 Å². The molecule has 5 heteroatoms. The standard InChI is InChI=1S/C21H20F4O/c1-2-3-4-5-6-14-7-9-15(10-8-14)11-12-18(26)19-20(24)16(22)13-17(23)21(19)25/h7-13H,2-6H2,1H3. The summed E-state index contributed by atoms with van der Waals surface area (Å²) in [6.07, 6.45) is 7.87. The summed E-state index contributed by atoms with van der Waals surface area (Å²) in [5, 5.41) is 0. The van der Waals surface area contributed by atoms with Crippen LogP contribution in [0.1, 0.15) is 54.1 Å². The molecule has 0 aromatic heterocycles. The highest BCUT2D eigenvalue weighted by Crippen LogP contribution is 2.20. The largest absolute Gasteiger partial charge is 0.289 e. The van der Waals surface area contributed by atoms with Gasteiger partial charge in [-0.05, 0) is 30.0 Å². The third-order valence-electron chi connectivity index (χ3n) is 4.08. The molecule has 0 radical (unpaired) electrons. The number of unbranched alkanes of at least 4 members (excludes halogenated alkanes) is 3. The van der Waals surface area contributed by atoms with Gasteiger partial charge in [-0.2, -0.15) is 0 Å². The molecule has 2 aromatic rings. The molecule has 0 spiro atoms. The van der Waals surface area contributed by atoms with Crippen molar-refractivity contribution in [1.29, 1.82) is 0 Å². The average molecular weight is 364 g/mol. The van der Waals surface area contributed by atoms with Crippen LogP contribution in [0, 0.1) is 23.3 Å². The number of carbonyl (C=O) groups excluding carboxylic acids is 1. The van der Waals surface area contributed by atoms with E-state index in [2.05, 4.69) is 6.92 Å². The lowest BCUT2D eigenvalue weighted by Crippen LogP contribution is -2.07. The summed E-state index contributed by atoms with van der Waals surface area (Å²) in [5.41, 5.74) is 0.577. The van der Waals surface area contributed by atoms with Gasteiger partial charge in [0.25, 0.3) is 0 Å². The van der Waals surface area contributed by atoms with Crippen molar-refractivity contribution in [3.8, 4) is 0 Å². The van der Waals surface area contributed by atoms with Gasteiger partial charge in [-0.3, -0.25) is 4.79 Å². The van der Waals surface area contributed by atoms with Gasteiger partial charge in [-0.1, -0.05) is 56.5 Å². The Balaban J connectivity index is 2.07. The van der Waals surface area contributed by atoms with Crippen LogP contribution in [0.25, 0.3) is 6.08 Å². The van der Waals surface area contributed by atoms with Crippen LogP contribution in [0.5, 0.6) is 0 Å². The number of aryl methyl sites for hydroxylation is 1. The summed E-state index contributed by atoms with van der Waals surface area (Å²) in [6, 6.07) is 7.46. The molecule has 0 N–H and O–H groups in total. The number of allylic oxidation sites excluding steroid dienone is 1. The van der Waals surface area contributed by atoms with Crippen molar-refractivity contribution < 1.29 is 22.4 Å². The SMILES string of the molecule is CCCCCCc1ccc(C=CC(=O)c2c(F)c(F)cc(F)c2F)cc1. The molecular formula is C21H20F4O. The highest BCUT2D eigenvalue weighted by molar-refractivity contribution is 6.07. The predicted octanol–water partition coefficient (Wildman–Crippen LogP) is 6.26. The van der Waals surface area contributed by atoms with Crippen LogP contribution in [0.3, 0.4) is 0 Å². The van der Waals surface area contributed by atoms with Gasteiger partial charge >= 0.3 is 0 Å². The van der Waals surface area contributed by atoms with E-state index in [0.29, 0.717) is 5.56 Å². The van der Waals surface area contributed by atoms with Gasteiger partial charge in [-0.25, -0.2) is 17.6 Å². The van der Waals surface area contributed by atoms with Gasteiger partial charge in [-0.15, -0.1) is 0 Å². The van der Waals surface area contributed by atoms with E-state index in [-0.39, 0.29) is 6.07 Å². The lowest BCUT2D eigenvalue weighted by molar-refractivity contribution is 0.103. The Bertz CT molecular complexity index is 768. The first-order valence-corrected chi connectivity index (χ1v) is 8.58. The molecule has 0 aliphatic heterocycles. The first-order chi connectivity index (χ1) is 12.4. The zero-order valence-electron chi connectivity index (χ0n) is 14.5. The van der Waals surface area contributed by atoms with Crippen molar-refractivity contribution in [1.82, 2.24) is 0 Å². The second-order valence-electron chi connectivity index (χ2n) is 6.09. The maximum Gasteiger partial charge on any atom is 0.191 e. The highest BCUT2D eigenvalue weighted by atomic mass is 19.2. The third kappa shape index (κ3) is 5.04. The third-order valence-corrected chi connectivity index (χ3v) is 4.08. The molecule has 0 atom stereocenters. The number of halogens is 4. The summed E-state index contributed by atoms with van der Waals surface area (Å²) in [6.45, 7) is 2.15. The number of carbonyl (C=O) groups is 1. The molecular weight excluding hydrogens is 344 g/mol. The Morgan fingerprint density at radius 1 is 0.923 bits per heavy atom. The number of hydrogen-bond donors (Lipinski definition) is 0. The Kier molecular flexibility index (Phi) is 7.13. The monoisotopic (exact) mass is 364 g/mol. The van der Waals surface area contributed by atoms with E-state index in [9.17, 15) is 22.4 Å². The van der Waals surface area contributed by atoms with Gasteiger partial charge in [0.1, 0.15) is 0 Å². The van der Waals surface area contributed by atoms with Crippen molar-refractivity contribution in [2.24, 2.45) is 0 Å². The van der Waals surface area contributed by atoms with Crippen LogP contribution in [0.2, 0.25) is 0 Å². The fraction of sp³-hybridized carbons (Fsp3) is 0.286. The molecule has 0 fully saturated rings. The summed E-state index contributed by atoms with van der Waals surface area (Å²) in [7, 11) is 0. The van der Waals surface area contributed by atoms with Crippen molar-refractivity contribution in [3.05, 3.63) is 76.4 Å². The van der Waals surface area contributed by atoms with Crippen LogP contribution < -0.4 is 0 Å². The number of ketones is 1. The molecule has 26 heavy (non-hydrogen) atoms. The lowest BCUT2D eigenvalue weighted by atomic mass is 10.0. The first-order valence-electron chi connectivity index (χ1n) is 8.58. The maximum atomic E-state index is 13.6. The van der Waals surface area contributed by atoms with E-state index in [0.717, 1.165) is 24.5 Å².